The fourth-order valence-corrected chi connectivity index (χ4v) is 1.26. The van der Waals surface area contributed by atoms with Crippen molar-refractivity contribution < 1.29 is 0 Å². The molecular weight excluding hydrogens is 180 g/mol. The lowest BCUT2D eigenvalue weighted by molar-refractivity contribution is 0.625. The molecule has 6 heteroatoms. The van der Waals surface area contributed by atoms with Crippen LogP contribution in [-0.4, -0.2) is 24.8 Å². The molecule has 2 N–H and O–H groups in total. The average molecular weight is 192 g/mol. The summed E-state index contributed by atoms with van der Waals surface area (Å²) < 4.78 is 1.99. The molecule has 0 unspecified atom stereocenters. The van der Waals surface area contributed by atoms with E-state index in [2.05, 4.69) is 15.4 Å². The van der Waals surface area contributed by atoms with Gasteiger partial charge in [-0.3, -0.25) is 0 Å². The van der Waals surface area contributed by atoms with E-state index in [1.807, 2.05) is 23.0 Å². The van der Waals surface area contributed by atoms with E-state index < -0.39 is 0 Å². The minimum Gasteiger partial charge on any atom is -0.346 e. The lowest BCUT2D eigenvalue weighted by Gasteiger charge is -1.95. The molecule has 0 amide bonds. The van der Waals surface area contributed by atoms with Gasteiger partial charge < -0.3 is 10.3 Å². The van der Waals surface area contributed by atoms with Gasteiger partial charge in [0.2, 0.25) is 0 Å². The van der Waals surface area contributed by atoms with Crippen LogP contribution in [0.15, 0.2) is 18.5 Å². The van der Waals surface area contributed by atoms with Gasteiger partial charge in [-0.05, 0) is 16.8 Å². The van der Waals surface area contributed by atoms with Gasteiger partial charge in [0, 0.05) is 18.9 Å². The predicted molar refractivity (Wildman–Crippen MR) is 50.2 cm³/mol. The van der Waals surface area contributed by atoms with E-state index in [1.165, 1.54) is 4.80 Å². The average Bonchev–Trinajstić information content (AvgIpc) is 2.76. The van der Waals surface area contributed by atoms with Crippen LogP contribution in [0.4, 0.5) is 0 Å². The highest BCUT2D eigenvalue weighted by molar-refractivity contribution is 5.10. The second-order valence-corrected chi connectivity index (χ2v) is 3.09. The van der Waals surface area contributed by atoms with E-state index in [0.717, 1.165) is 5.56 Å². The molecule has 0 fully saturated rings. The molecule has 0 aliphatic rings. The number of tetrazole rings is 1. The van der Waals surface area contributed by atoms with Crippen molar-refractivity contribution in [1.82, 2.24) is 24.8 Å². The molecule has 2 heterocycles. The number of aryl methyl sites for hydroxylation is 1. The van der Waals surface area contributed by atoms with E-state index in [1.54, 1.807) is 7.05 Å². The second-order valence-electron chi connectivity index (χ2n) is 3.09. The SMILES string of the molecule is Cn1nnc(Cn2ccc(CN)c2)n1. The molecule has 2 aromatic rings. The lowest BCUT2D eigenvalue weighted by atomic mass is 10.3. The Balaban J connectivity index is 2.10. The Morgan fingerprint density at radius 1 is 1.50 bits per heavy atom. The summed E-state index contributed by atoms with van der Waals surface area (Å²) in [5.41, 5.74) is 6.61. The van der Waals surface area contributed by atoms with Crippen molar-refractivity contribution in [3.63, 3.8) is 0 Å². The van der Waals surface area contributed by atoms with Crippen molar-refractivity contribution in [3.05, 3.63) is 29.8 Å². The van der Waals surface area contributed by atoms with Gasteiger partial charge in [0.15, 0.2) is 5.82 Å². The minimum atomic E-state index is 0.556. The summed E-state index contributed by atoms with van der Waals surface area (Å²) in [5.74, 6) is 0.701. The van der Waals surface area contributed by atoms with E-state index >= 15 is 0 Å². The topological polar surface area (TPSA) is 74.5 Å². The summed E-state index contributed by atoms with van der Waals surface area (Å²) in [4.78, 5) is 1.45. The van der Waals surface area contributed by atoms with Crippen molar-refractivity contribution in [2.45, 2.75) is 13.1 Å². The Bertz CT molecular complexity index is 415. The van der Waals surface area contributed by atoms with E-state index in [9.17, 15) is 0 Å². The molecule has 0 spiro atoms. The van der Waals surface area contributed by atoms with Crippen LogP contribution in [-0.2, 0) is 20.1 Å². The van der Waals surface area contributed by atoms with Crippen LogP contribution in [0, 0.1) is 0 Å². The van der Waals surface area contributed by atoms with Crippen LogP contribution in [0.25, 0.3) is 0 Å². The summed E-state index contributed by atoms with van der Waals surface area (Å²) >= 11 is 0. The van der Waals surface area contributed by atoms with Crippen molar-refractivity contribution in [1.29, 1.82) is 0 Å². The highest BCUT2D eigenvalue weighted by atomic mass is 15.6. The zero-order valence-corrected chi connectivity index (χ0v) is 7.96. The number of hydrogen-bond acceptors (Lipinski definition) is 4. The lowest BCUT2D eigenvalue weighted by Crippen LogP contribution is -2.00. The maximum absolute atomic E-state index is 5.50. The van der Waals surface area contributed by atoms with Gasteiger partial charge >= 0.3 is 0 Å². The van der Waals surface area contributed by atoms with Crippen LogP contribution in [0.5, 0.6) is 0 Å². The Kier molecular flexibility index (Phi) is 2.28. The molecule has 0 radical (unpaired) electrons. The molecule has 74 valence electrons. The molecule has 0 saturated heterocycles. The molecule has 14 heavy (non-hydrogen) atoms. The number of nitrogens with two attached hydrogens (primary N) is 1. The third-order valence-corrected chi connectivity index (χ3v) is 1.92. The Labute approximate surface area is 81.3 Å². The monoisotopic (exact) mass is 192 g/mol. The third kappa shape index (κ3) is 1.80. The maximum atomic E-state index is 5.50. The van der Waals surface area contributed by atoms with E-state index in [0.29, 0.717) is 18.9 Å². The van der Waals surface area contributed by atoms with Gasteiger partial charge in [-0.2, -0.15) is 4.80 Å². The van der Waals surface area contributed by atoms with Crippen LogP contribution < -0.4 is 5.73 Å². The smallest absolute Gasteiger partial charge is 0.194 e. The summed E-state index contributed by atoms with van der Waals surface area (Å²) in [6.07, 6.45) is 3.94. The first kappa shape index (κ1) is 8.89. The predicted octanol–water partition coefficient (Wildman–Crippen LogP) is -0.481. The fraction of sp³-hybridized carbons (Fsp3) is 0.375. The third-order valence-electron chi connectivity index (χ3n) is 1.92. The molecule has 2 aromatic heterocycles. The van der Waals surface area contributed by atoms with Crippen LogP contribution in [0.3, 0.4) is 0 Å². The Hall–Kier alpha value is -1.69. The van der Waals surface area contributed by atoms with Crippen molar-refractivity contribution in [3.8, 4) is 0 Å². The van der Waals surface area contributed by atoms with Gasteiger partial charge in [-0.1, -0.05) is 0 Å². The van der Waals surface area contributed by atoms with Gasteiger partial charge in [-0.25, -0.2) is 0 Å². The highest BCUT2D eigenvalue weighted by Gasteiger charge is 2.01. The van der Waals surface area contributed by atoms with Crippen molar-refractivity contribution >= 4 is 0 Å². The summed E-state index contributed by atoms with van der Waals surface area (Å²) in [6, 6.07) is 1.98. The van der Waals surface area contributed by atoms with Gasteiger partial charge in [0.25, 0.3) is 0 Å². The molecule has 0 aliphatic heterocycles. The Morgan fingerprint density at radius 3 is 2.93 bits per heavy atom. The first-order chi connectivity index (χ1) is 6.78. The van der Waals surface area contributed by atoms with Crippen LogP contribution in [0.1, 0.15) is 11.4 Å². The minimum absolute atomic E-state index is 0.556. The quantitative estimate of drug-likeness (QED) is 0.712. The summed E-state index contributed by atoms with van der Waals surface area (Å²) in [6.45, 7) is 1.19. The molecular formula is C8H12N6. The van der Waals surface area contributed by atoms with Gasteiger partial charge in [0.1, 0.15) is 0 Å². The molecule has 0 atom stereocenters. The van der Waals surface area contributed by atoms with E-state index in [4.69, 9.17) is 5.73 Å². The van der Waals surface area contributed by atoms with Crippen LogP contribution >= 0.6 is 0 Å². The zero-order chi connectivity index (χ0) is 9.97. The maximum Gasteiger partial charge on any atom is 0.194 e. The Morgan fingerprint density at radius 2 is 2.36 bits per heavy atom. The number of aromatic nitrogens is 5. The normalized spacial score (nSPS) is 10.7. The highest BCUT2D eigenvalue weighted by Crippen LogP contribution is 2.01. The molecule has 6 nitrogen and oxygen atoms in total. The zero-order valence-electron chi connectivity index (χ0n) is 7.96. The second kappa shape index (κ2) is 3.59. The number of hydrogen-bond donors (Lipinski definition) is 1. The van der Waals surface area contributed by atoms with Gasteiger partial charge in [-0.15, -0.1) is 10.2 Å². The van der Waals surface area contributed by atoms with Crippen molar-refractivity contribution in [2.75, 3.05) is 0 Å². The largest absolute Gasteiger partial charge is 0.346 e. The molecule has 0 aliphatic carbocycles. The summed E-state index contributed by atoms with van der Waals surface area (Å²) in [7, 11) is 1.75. The first-order valence-corrected chi connectivity index (χ1v) is 4.35. The molecule has 0 aromatic carbocycles. The van der Waals surface area contributed by atoms with Gasteiger partial charge in [0.05, 0.1) is 13.6 Å². The summed E-state index contributed by atoms with van der Waals surface area (Å²) in [5, 5.41) is 11.7. The fourth-order valence-electron chi connectivity index (χ4n) is 1.26. The molecule has 2 rings (SSSR count). The number of nitrogens with zero attached hydrogens (tertiary/aromatic N) is 5. The molecule has 0 saturated carbocycles. The standard InChI is InChI=1S/C8H12N6/c1-13-11-8(10-12-13)6-14-3-2-7(4-9)5-14/h2-3,5H,4,6,9H2,1H3. The van der Waals surface area contributed by atoms with Crippen LogP contribution in [0.2, 0.25) is 0 Å². The van der Waals surface area contributed by atoms with Crippen molar-refractivity contribution in [2.24, 2.45) is 12.8 Å². The van der Waals surface area contributed by atoms with E-state index in [-0.39, 0.29) is 0 Å². The number of rotatable bonds is 3. The first-order valence-electron chi connectivity index (χ1n) is 4.35. The molecule has 0 bridgehead atoms.